The van der Waals surface area contributed by atoms with E-state index in [1.54, 1.807) is 0 Å². The van der Waals surface area contributed by atoms with Gasteiger partial charge in [0.15, 0.2) is 0 Å². The standard InChI is InChI=1S/C12H21N5O/c1-3-18-10-4-6-17(7-5-10)12-8-11(16-13)14-9(2)15-12/h8,10H,3-7,13H2,1-2H3,(H,14,15,16). The lowest BCUT2D eigenvalue weighted by Gasteiger charge is -2.32. The Morgan fingerprint density at radius 2 is 2.17 bits per heavy atom. The van der Waals surface area contributed by atoms with Crippen molar-refractivity contribution in [1.29, 1.82) is 0 Å². The predicted molar refractivity (Wildman–Crippen MR) is 71.4 cm³/mol. The summed E-state index contributed by atoms with van der Waals surface area (Å²) in [6.45, 7) is 6.63. The number of hydrazine groups is 1. The van der Waals surface area contributed by atoms with Gasteiger partial charge in [0.1, 0.15) is 17.5 Å². The maximum atomic E-state index is 5.64. The lowest BCUT2D eigenvalue weighted by molar-refractivity contribution is 0.0458. The van der Waals surface area contributed by atoms with Crippen LogP contribution in [0.15, 0.2) is 6.07 Å². The average Bonchev–Trinajstić information content (AvgIpc) is 2.39. The molecule has 100 valence electrons. The van der Waals surface area contributed by atoms with Crippen molar-refractivity contribution in [3.63, 3.8) is 0 Å². The molecule has 0 aromatic carbocycles. The zero-order chi connectivity index (χ0) is 13.0. The number of aryl methyl sites for hydroxylation is 1. The molecule has 0 bridgehead atoms. The van der Waals surface area contributed by atoms with Gasteiger partial charge in [-0.15, -0.1) is 0 Å². The van der Waals surface area contributed by atoms with Crippen molar-refractivity contribution >= 4 is 11.6 Å². The van der Waals surface area contributed by atoms with Crippen LogP contribution in [0.5, 0.6) is 0 Å². The Kier molecular flexibility index (Phi) is 4.33. The molecule has 2 rings (SSSR count). The lowest BCUT2D eigenvalue weighted by atomic mass is 10.1. The number of piperidine rings is 1. The van der Waals surface area contributed by atoms with Gasteiger partial charge in [-0.1, -0.05) is 0 Å². The van der Waals surface area contributed by atoms with E-state index in [0.717, 1.165) is 44.2 Å². The van der Waals surface area contributed by atoms with Crippen LogP contribution in [0.4, 0.5) is 11.6 Å². The molecule has 0 radical (unpaired) electrons. The third-order valence-electron chi connectivity index (χ3n) is 3.14. The molecule has 1 aromatic heterocycles. The minimum absolute atomic E-state index is 0.390. The molecule has 0 atom stereocenters. The van der Waals surface area contributed by atoms with E-state index in [9.17, 15) is 0 Å². The van der Waals surface area contributed by atoms with Crippen LogP contribution in [-0.2, 0) is 4.74 Å². The molecular formula is C12H21N5O. The van der Waals surface area contributed by atoms with Crippen molar-refractivity contribution in [1.82, 2.24) is 9.97 Å². The van der Waals surface area contributed by atoms with E-state index in [0.29, 0.717) is 11.9 Å². The van der Waals surface area contributed by atoms with Gasteiger partial charge in [0, 0.05) is 25.8 Å². The number of nitrogen functional groups attached to an aromatic ring is 1. The number of ether oxygens (including phenoxy) is 1. The van der Waals surface area contributed by atoms with Gasteiger partial charge in [-0.2, -0.15) is 0 Å². The highest BCUT2D eigenvalue weighted by Crippen LogP contribution is 2.21. The summed E-state index contributed by atoms with van der Waals surface area (Å²) in [5.74, 6) is 7.72. The first-order valence-corrected chi connectivity index (χ1v) is 6.41. The van der Waals surface area contributed by atoms with Crippen LogP contribution in [0.2, 0.25) is 0 Å². The van der Waals surface area contributed by atoms with Crippen LogP contribution in [0, 0.1) is 6.92 Å². The van der Waals surface area contributed by atoms with Crippen LogP contribution in [0.25, 0.3) is 0 Å². The first-order chi connectivity index (χ1) is 8.72. The Hall–Kier alpha value is -1.40. The molecule has 0 unspecified atom stereocenters. The molecular weight excluding hydrogens is 230 g/mol. The largest absolute Gasteiger partial charge is 0.378 e. The van der Waals surface area contributed by atoms with Crippen molar-refractivity contribution in [2.24, 2.45) is 5.84 Å². The van der Waals surface area contributed by atoms with Crippen molar-refractivity contribution in [2.75, 3.05) is 30.0 Å². The summed E-state index contributed by atoms with van der Waals surface area (Å²) in [6, 6.07) is 1.88. The first-order valence-electron chi connectivity index (χ1n) is 6.41. The third kappa shape index (κ3) is 3.08. The van der Waals surface area contributed by atoms with E-state index in [1.165, 1.54) is 0 Å². The second-order valence-electron chi connectivity index (χ2n) is 4.44. The third-order valence-corrected chi connectivity index (χ3v) is 3.14. The molecule has 6 heteroatoms. The highest BCUT2D eigenvalue weighted by atomic mass is 16.5. The van der Waals surface area contributed by atoms with Gasteiger partial charge in [-0.3, -0.25) is 0 Å². The van der Waals surface area contributed by atoms with Crippen LogP contribution >= 0.6 is 0 Å². The zero-order valence-corrected chi connectivity index (χ0v) is 11.0. The molecule has 1 aliphatic rings. The number of hydrogen-bond donors (Lipinski definition) is 2. The normalized spacial score (nSPS) is 16.9. The molecule has 1 saturated heterocycles. The Morgan fingerprint density at radius 1 is 1.44 bits per heavy atom. The maximum absolute atomic E-state index is 5.64. The van der Waals surface area contributed by atoms with E-state index in [-0.39, 0.29) is 0 Å². The summed E-state index contributed by atoms with van der Waals surface area (Å²) < 4.78 is 5.64. The zero-order valence-electron chi connectivity index (χ0n) is 11.0. The fourth-order valence-corrected chi connectivity index (χ4v) is 2.28. The summed E-state index contributed by atoms with van der Waals surface area (Å²) in [7, 11) is 0. The summed E-state index contributed by atoms with van der Waals surface area (Å²) in [6.07, 6.45) is 2.48. The first kappa shape index (κ1) is 13.0. The molecule has 0 spiro atoms. The quantitative estimate of drug-likeness (QED) is 0.616. The van der Waals surface area contributed by atoms with Crippen LogP contribution in [0.1, 0.15) is 25.6 Å². The number of anilines is 2. The molecule has 1 aromatic rings. The van der Waals surface area contributed by atoms with Gasteiger partial charge in [0.25, 0.3) is 0 Å². The van der Waals surface area contributed by atoms with E-state index < -0.39 is 0 Å². The molecule has 1 fully saturated rings. The smallest absolute Gasteiger partial charge is 0.145 e. The van der Waals surface area contributed by atoms with Crippen molar-refractivity contribution in [2.45, 2.75) is 32.8 Å². The fraction of sp³-hybridized carbons (Fsp3) is 0.667. The van der Waals surface area contributed by atoms with Crippen molar-refractivity contribution in [3.05, 3.63) is 11.9 Å². The molecule has 0 aliphatic carbocycles. The number of nitrogens with one attached hydrogen (secondary N) is 1. The number of nitrogens with zero attached hydrogens (tertiary/aromatic N) is 3. The lowest BCUT2D eigenvalue weighted by Crippen LogP contribution is -2.37. The van der Waals surface area contributed by atoms with Crippen LogP contribution in [0.3, 0.4) is 0 Å². The number of rotatable bonds is 4. The Balaban J connectivity index is 2.02. The van der Waals surface area contributed by atoms with Gasteiger partial charge < -0.3 is 15.1 Å². The van der Waals surface area contributed by atoms with E-state index >= 15 is 0 Å². The van der Waals surface area contributed by atoms with Gasteiger partial charge in [0.2, 0.25) is 0 Å². The highest BCUT2D eigenvalue weighted by Gasteiger charge is 2.20. The summed E-state index contributed by atoms with van der Waals surface area (Å²) in [4.78, 5) is 10.9. The minimum atomic E-state index is 0.390. The second-order valence-corrected chi connectivity index (χ2v) is 4.44. The molecule has 2 heterocycles. The van der Waals surface area contributed by atoms with Gasteiger partial charge in [0.05, 0.1) is 6.10 Å². The molecule has 0 saturated carbocycles. The molecule has 18 heavy (non-hydrogen) atoms. The van der Waals surface area contributed by atoms with E-state index in [4.69, 9.17) is 10.6 Å². The van der Waals surface area contributed by atoms with Crippen molar-refractivity contribution in [3.8, 4) is 0 Å². The number of nitrogens with two attached hydrogens (primary N) is 1. The fourth-order valence-electron chi connectivity index (χ4n) is 2.28. The average molecular weight is 251 g/mol. The number of aromatic nitrogens is 2. The maximum Gasteiger partial charge on any atom is 0.145 e. The van der Waals surface area contributed by atoms with E-state index in [1.807, 2.05) is 19.9 Å². The Labute approximate surface area is 108 Å². The summed E-state index contributed by atoms with van der Waals surface area (Å²) >= 11 is 0. The minimum Gasteiger partial charge on any atom is -0.378 e. The van der Waals surface area contributed by atoms with Crippen LogP contribution < -0.4 is 16.2 Å². The summed E-state index contributed by atoms with van der Waals surface area (Å²) in [5.41, 5.74) is 2.57. The monoisotopic (exact) mass is 251 g/mol. The molecule has 1 aliphatic heterocycles. The van der Waals surface area contributed by atoms with Crippen LogP contribution in [-0.4, -0.2) is 35.8 Å². The van der Waals surface area contributed by atoms with Gasteiger partial charge in [-0.05, 0) is 26.7 Å². The molecule has 3 N–H and O–H groups in total. The SMILES string of the molecule is CCOC1CCN(c2cc(NN)nc(C)n2)CC1. The second kappa shape index (κ2) is 5.97. The Morgan fingerprint density at radius 3 is 2.78 bits per heavy atom. The van der Waals surface area contributed by atoms with Gasteiger partial charge in [-0.25, -0.2) is 15.8 Å². The topological polar surface area (TPSA) is 76.3 Å². The molecule has 0 amide bonds. The summed E-state index contributed by atoms with van der Waals surface area (Å²) in [5, 5.41) is 0. The molecule has 6 nitrogen and oxygen atoms in total. The number of hydrogen-bond acceptors (Lipinski definition) is 6. The predicted octanol–water partition coefficient (Wildman–Crippen LogP) is 1.08. The van der Waals surface area contributed by atoms with Gasteiger partial charge >= 0.3 is 0 Å². The Bertz CT molecular complexity index is 390. The highest BCUT2D eigenvalue weighted by molar-refractivity contribution is 5.49. The van der Waals surface area contributed by atoms with Crippen molar-refractivity contribution < 1.29 is 4.74 Å². The van der Waals surface area contributed by atoms with E-state index in [2.05, 4.69) is 20.3 Å².